The monoisotopic (exact) mass is 351 g/mol. The number of imidazole rings is 1. The van der Waals surface area contributed by atoms with Crippen molar-refractivity contribution in [3.63, 3.8) is 0 Å². The van der Waals surface area contributed by atoms with Gasteiger partial charge >= 0.3 is 6.09 Å². The van der Waals surface area contributed by atoms with Crippen molar-refractivity contribution in [1.82, 2.24) is 9.55 Å². The van der Waals surface area contributed by atoms with E-state index in [4.69, 9.17) is 4.74 Å². The summed E-state index contributed by atoms with van der Waals surface area (Å²) in [7, 11) is 1.82. The van der Waals surface area contributed by atoms with Gasteiger partial charge in [0.15, 0.2) is 0 Å². The number of carbonyl (C=O) groups is 1. The fraction of sp³-hybridized carbons (Fsp3) is 0.333. The third-order valence-electron chi connectivity index (χ3n) is 2.63. The molecule has 0 atom stereocenters. The second-order valence-electron chi connectivity index (χ2n) is 5.69. The Labute approximate surface area is 132 Å². The zero-order chi connectivity index (χ0) is 15.6. The topological polar surface area (TPSA) is 56.2 Å². The molecule has 0 radical (unpaired) electrons. The number of aromatic nitrogens is 2. The molecule has 0 aliphatic rings. The highest BCUT2D eigenvalue weighted by Gasteiger charge is 2.18. The van der Waals surface area contributed by atoms with E-state index < -0.39 is 11.7 Å². The number of hydrogen-bond donors (Lipinski definition) is 1. The number of amides is 1. The molecule has 0 aliphatic carbocycles. The number of anilines is 1. The number of nitrogens with one attached hydrogen (secondary N) is 1. The number of hydrogen-bond acceptors (Lipinski definition) is 3. The second-order valence-corrected chi connectivity index (χ2v) is 6.61. The molecule has 1 heterocycles. The zero-order valence-corrected chi connectivity index (χ0v) is 14.1. The number of benzene rings is 1. The molecule has 2 aromatic rings. The van der Waals surface area contributed by atoms with E-state index in [0.29, 0.717) is 5.95 Å². The predicted molar refractivity (Wildman–Crippen MR) is 86.2 cm³/mol. The molecule has 0 saturated carbocycles. The van der Waals surface area contributed by atoms with E-state index in [1.54, 1.807) is 4.57 Å². The molecular weight excluding hydrogens is 334 g/mol. The number of aryl methyl sites for hydroxylation is 1. The van der Waals surface area contributed by atoms with E-state index in [2.05, 4.69) is 26.2 Å². The van der Waals surface area contributed by atoms with Crippen molar-refractivity contribution in [1.29, 1.82) is 0 Å². The van der Waals surface area contributed by atoms with E-state index in [1.807, 2.05) is 58.3 Å². The van der Waals surface area contributed by atoms with Crippen LogP contribution in [-0.2, 0) is 11.8 Å². The Hall–Kier alpha value is -1.82. The molecule has 6 heteroatoms. The lowest BCUT2D eigenvalue weighted by Gasteiger charge is -2.19. The summed E-state index contributed by atoms with van der Waals surface area (Å²) in [6.07, 6.45) is 1.34. The van der Waals surface area contributed by atoms with E-state index in [1.165, 1.54) is 0 Å². The van der Waals surface area contributed by atoms with Crippen molar-refractivity contribution in [3.8, 4) is 11.3 Å². The second kappa shape index (κ2) is 5.89. The van der Waals surface area contributed by atoms with Crippen molar-refractivity contribution in [3.05, 3.63) is 34.9 Å². The van der Waals surface area contributed by atoms with Crippen molar-refractivity contribution in [2.24, 2.45) is 7.05 Å². The van der Waals surface area contributed by atoms with Crippen LogP contribution >= 0.6 is 15.9 Å². The van der Waals surface area contributed by atoms with Crippen molar-refractivity contribution in [2.45, 2.75) is 26.4 Å². The van der Waals surface area contributed by atoms with Gasteiger partial charge in [0.1, 0.15) is 5.60 Å². The lowest BCUT2D eigenvalue weighted by atomic mass is 10.2. The molecule has 0 fully saturated rings. The van der Waals surface area contributed by atoms with Gasteiger partial charge in [0.25, 0.3) is 0 Å². The molecule has 112 valence electrons. The molecule has 21 heavy (non-hydrogen) atoms. The maximum absolute atomic E-state index is 11.8. The molecule has 0 saturated heterocycles. The Morgan fingerprint density at radius 1 is 1.29 bits per heavy atom. The zero-order valence-electron chi connectivity index (χ0n) is 12.5. The summed E-state index contributed by atoms with van der Waals surface area (Å²) in [5.74, 6) is 0.446. The Morgan fingerprint density at radius 3 is 2.48 bits per heavy atom. The van der Waals surface area contributed by atoms with E-state index in [-0.39, 0.29) is 0 Å². The van der Waals surface area contributed by atoms with Gasteiger partial charge in [0.05, 0.1) is 5.69 Å². The van der Waals surface area contributed by atoms with Gasteiger partial charge in [0.2, 0.25) is 5.95 Å². The Balaban J connectivity index is 2.16. The first kappa shape index (κ1) is 15.6. The number of ether oxygens (including phenoxy) is 1. The average molecular weight is 352 g/mol. The summed E-state index contributed by atoms with van der Waals surface area (Å²) in [5, 5.41) is 2.65. The van der Waals surface area contributed by atoms with Crippen LogP contribution in [0.25, 0.3) is 11.3 Å². The minimum atomic E-state index is -0.538. The molecular formula is C15H18BrN3O2. The Kier molecular flexibility index (Phi) is 4.37. The molecule has 0 aliphatic heterocycles. The molecule has 1 aromatic carbocycles. The van der Waals surface area contributed by atoms with Crippen LogP contribution in [0.2, 0.25) is 0 Å². The molecule has 1 aromatic heterocycles. The lowest BCUT2D eigenvalue weighted by molar-refractivity contribution is 0.0634. The van der Waals surface area contributed by atoms with Crippen LogP contribution in [-0.4, -0.2) is 21.2 Å². The maximum Gasteiger partial charge on any atom is 0.414 e. The van der Waals surface area contributed by atoms with Crippen LogP contribution in [0.1, 0.15) is 20.8 Å². The van der Waals surface area contributed by atoms with E-state index in [9.17, 15) is 4.79 Å². The van der Waals surface area contributed by atoms with Crippen molar-refractivity contribution < 1.29 is 9.53 Å². The summed E-state index contributed by atoms with van der Waals surface area (Å²) in [6, 6.07) is 7.82. The normalized spacial score (nSPS) is 11.3. The average Bonchev–Trinajstić information content (AvgIpc) is 2.69. The highest BCUT2D eigenvalue weighted by atomic mass is 79.9. The third kappa shape index (κ3) is 4.32. The van der Waals surface area contributed by atoms with E-state index >= 15 is 0 Å². The number of halogens is 1. The van der Waals surface area contributed by atoms with Crippen molar-refractivity contribution in [2.75, 3.05) is 5.32 Å². The Morgan fingerprint density at radius 2 is 1.90 bits per heavy atom. The van der Waals surface area contributed by atoms with Gasteiger partial charge in [0, 0.05) is 23.3 Å². The van der Waals surface area contributed by atoms with Crippen LogP contribution in [0, 0.1) is 0 Å². The minimum Gasteiger partial charge on any atom is -0.444 e. The van der Waals surface area contributed by atoms with Crippen molar-refractivity contribution >= 4 is 28.0 Å². The highest BCUT2D eigenvalue weighted by Crippen LogP contribution is 2.22. The maximum atomic E-state index is 11.8. The largest absolute Gasteiger partial charge is 0.444 e. The summed E-state index contributed by atoms with van der Waals surface area (Å²) in [5.41, 5.74) is 1.23. The minimum absolute atomic E-state index is 0.446. The Bertz CT molecular complexity index is 642. The molecule has 0 unspecified atom stereocenters. The van der Waals surface area contributed by atoms with Crippen LogP contribution in [0.5, 0.6) is 0 Å². The van der Waals surface area contributed by atoms with Gasteiger partial charge in [-0.05, 0) is 32.9 Å². The number of rotatable bonds is 2. The molecule has 1 amide bonds. The first-order valence-corrected chi connectivity index (χ1v) is 7.33. The van der Waals surface area contributed by atoms with Gasteiger partial charge < -0.3 is 9.30 Å². The quantitative estimate of drug-likeness (QED) is 0.881. The predicted octanol–water partition coefficient (Wildman–Crippen LogP) is 4.20. The summed E-state index contributed by atoms with van der Waals surface area (Å²) < 4.78 is 7.98. The van der Waals surface area contributed by atoms with Crippen LogP contribution in [0.4, 0.5) is 10.7 Å². The lowest BCUT2D eigenvalue weighted by Crippen LogP contribution is -2.28. The van der Waals surface area contributed by atoms with Crippen LogP contribution in [0.3, 0.4) is 0 Å². The molecule has 1 N–H and O–H groups in total. The van der Waals surface area contributed by atoms with E-state index in [0.717, 1.165) is 15.7 Å². The van der Waals surface area contributed by atoms with Crippen LogP contribution < -0.4 is 5.32 Å². The highest BCUT2D eigenvalue weighted by molar-refractivity contribution is 9.10. The number of carbonyl (C=O) groups excluding carboxylic acids is 1. The first-order valence-electron chi connectivity index (χ1n) is 6.54. The SMILES string of the molecule is Cn1cc(-c2ccc(Br)cc2)nc1NC(=O)OC(C)(C)C. The fourth-order valence-electron chi connectivity index (χ4n) is 1.74. The van der Waals surface area contributed by atoms with Gasteiger partial charge in [-0.3, -0.25) is 5.32 Å². The molecule has 5 nitrogen and oxygen atoms in total. The van der Waals surface area contributed by atoms with Gasteiger partial charge in [-0.25, -0.2) is 9.78 Å². The molecule has 0 spiro atoms. The summed E-state index contributed by atoms with van der Waals surface area (Å²) in [6.45, 7) is 5.45. The molecule has 0 bridgehead atoms. The summed E-state index contributed by atoms with van der Waals surface area (Å²) in [4.78, 5) is 16.2. The van der Waals surface area contributed by atoms with Gasteiger partial charge in [-0.1, -0.05) is 28.1 Å². The third-order valence-corrected chi connectivity index (χ3v) is 3.16. The van der Waals surface area contributed by atoms with Gasteiger partial charge in [-0.2, -0.15) is 0 Å². The smallest absolute Gasteiger partial charge is 0.414 e. The number of nitrogens with zero attached hydrogens (tertiary/aromatic N) is 2. The van der Waals surface area contributed by atoms with Gasteiger partial charge in [-0.15, -0.1) is 0 Å². The summed E-state index contributed by atoms with van der Waals surface area (Å²) >= 11 is 3.40. The fourth-order valence-corrected chi connectivity index (χ4v) is 2.00. The first-order chi connectivity index (χ1) is 9.74. The van der Waals surface area contributed by atoms with Crippen LogP contribution in [0.15, 0.2) is 34.9 Å². The molecule has 2 rings (SSSR count). The standard InChI is InChI=1S/C15H18BrN3O2/c1-15(2,3)21-14(20)18-13-17-12(9-19(13)4)10-5-7-11(16)8-6-10/h5-9H,1-4H3,(H,17,18,20).